The van der Waals surface area contributed by atoms with Gasteiger partial charge in [0.25, 0.3) is 0 Å². The quantitative estimate of drug-likeness (QED) is 0.837. The summed E-state index contributed by atoms with van der Waals surface area (Å²) in [6.45, 7) is 0. The van der Waals surface area contributed by atoms with Crippen LogP contribution < -0.4 is 0 Å². The Kier molecular flexibility index (Phi) is 3.26. The predicted molar refractivity (Wildman–Crippen MR) is 60.2 cm³/mol. The van der Waals surface area contributed by atoms with Crippen LogP contribution in [0.3, 0.4) is 0 Å². The monoisotopic (exact) mass is 223 g/mol. The standard InChI is InChI=1S/C11H13NO2S/c13-11(14)9-7-12-5-4-8(9)10-3-1-2-6-15-10/h4-5,7,10H,1-3,6H2,(H,13,14). The molecule has 0 bridgehead atoms. The van der Waals surface area contributed by atoms with Gasteiger partial charge in [-0.2, -0.15) is 11.8 Å². The van der Waals surface area contributed by atoms with Crippen LogP contribution in [-0.4, -0.2) is 21.8 Å². The van der Waals surface area contributed by atoms with E-state index in [0.29, 0.717) is 10.8 Å². The van der Waals surface area contributed by atoms with Gasteiger partial charge in [0.1, 0.15) is 0 Å². The minimum Gasteiger partial charge on any atom is -0.478 e. The molecule has 1 saturated heterocycles. The molecule has 0 saturated carbocycles. The van der Waals surface area contributed by atoms with Crippen molar-refractivity contribution in [2.24, 2.45) is 0 Å². The van der Waals surface area contributed by atoms with E-state index in [1.165, 1.54) is 19.0 Å². The Labute approximate surface area is 92.9 Å². The molecular formula is C11H13NO2S. The molecule has 2 heterocycles. The smallest absolute Gasteiger partial charge is 0.337 e. The lowest BCUT2D eigenvalue weighted by Crippen LogP contribution is -2.09. The molecule has 2 rings (SSSR count). The zero-order valence-electron chi connectivity index (χ0n) is 8.35. The van der Waals surface area contributed by atoms with E-state index in [1.54, 1.807) is 6.20 Å². The summed E-state index contributed by atoms with van der Waals surface area (Å²) in [5.74, 6) is 0.260. The van der Waals surface area contributed by atoms with Crippen molar-refractivity contribution in [1.82, 2.24) is 4.98 Å². The number of rotatable bonds is 2. The molecule has 80 valence electrons. The lowest BCUT2D eigenvalue weighted by molar-refractivity contribution is 0.0695. The molecular weight excluding hydrogens is 210 g/mol. The summed E-state index contributed by atoms with van der Waals surface area (Å²) in [4.78, 5) is 14.9. The highest BCUT2D eigenvalue weighted by Crippen LogP contribution is 2.39. The number of hydrogen-bond donors (Lipinski definition) is 1. The third kappa shape index (κ3) is 2.31. The fraction of sp³-hybridized carbons (Fsp3) is 0.455. The molecule has 3 nitrogen and oxygen atoms in total. The molecule has 1 atom stereocenters. The summed E-state index contributed by atoms with van der Waals surface area (Å²) in [6.07, 6.45) is 6.65. The van der Waals surface area contributed by atoms with Crippen molar-refractivity contribution < 1.29 is 9.90 Å². The van der Waals surface area contributed by atoms with E-state index < -0.39 is 5.97 Å². The predicted octanol–water partition coefficient (Wildman–Crippen LogP) is 2.74. The number of pyridine rings is 1. The van der Waals surface area contributed by atoms with Crippen molar-refractivity contribution in [3.8, 4) is 0 Å². The molecule has 0 radical (unpaired) electrons. The summed E-state index contributed by atoms with van der Waals surface area (Å²) in [7, 11) is 0. The zero-order valence-corrected chi connectivity index (χ0v) is 9.17. The summed E-state index contributed by atoms with van der Waals surface area (Å²) >= 11 is 1.86. The Morgan fingerprint density at radius 2 is 2.40 bits per heavy atom. The summed E-state index contributed by atoms with van der Waals surface area (Å²) in [5, 5.41) is 9.39. The van der Waals surface area contributed by atoms with E-state index in [-0.39, 0.29) is 0 Å². The third-order valence-corrected chi connectivity index (χ3v) is 4.03. The van der Waals surface area contributed by atoms with E-state index in [4.69, 9.17) is 5.11 Å². The number of carboxylic acids is 1. The van der Waals surface area contributed by atoms with E-state index in [2.05, 4.69) is 4.98 Å². The Balaban J connectivity index is 2.29. The van der Waals surface area contributed by atoms with Crippen LogP contribution in [0.15, 0.2) is 18.5 Å². The van der Waals surface area contributed by atoms with Gasteiger partial charge in [-0.25, -0.2) is 4.79 Å². The molecule has 1 aliphatic heterocycles. The first-order valence-electron chi connectivity index (χ1n) is 5.08. The fourth-order valence-corrected chi connectivity index (χ4v) is 3.22. The molecule has 0 aliphatic carbocycles. The minimum atomic E-state index is -0.871. The van der Waals surface area contributed by atoms with Crippen LogP contribution in [0, 0.1) is 0 Å². The van der Waals surface area contributed by atoms with Gasteiger partial charge in [0.05, 0.1) is 5.56 Å². The van der Waals surface area contributed by atoms with Crippen molar-refractivity contribution in [1.29, 1.82) is 0 Å². The normalized spacial score (nSPS) is 21.2. The largest absolute Gasteiger partial charge is 0.478 e. The number of aromatic carboxylic acids is 1. The van der Waals surface area contributed by atoms with Gasteiger partial charge in [-0.1, -0.05) is 6.42 Å². The first-order chi connectivity index (χ1) is 7.29. The number of aromatic nitrogens is 1. The maximum Gasteiger partial charge on any atom is 0.337 e. The van der Waals surface area contributed by atoms with E-state index in [9.17, 15) is 4.79 Å². The van der Waals surface area contributed by atoms with Gasteiger partial charge < -0.3 is 5.11 Å². The number of carbonyl (C=O) groups is 1. The van der Waals surface area contributed by atoms with Gasteiger partial charge in [0.15, 0.2) is 0 Å². The summed E-state index contributed by atoms with van der Waals surface area (Å²) in [5.41, 5.74) is 1.29. The first kappa shape index (κ1) is 10.5. The van der Waals surface area contributed by atoms with Gasteiger partial charge in [0, 0.05) is 17.6 Å². The number of nitrogens with zero attached hydrogens (tertiary/aromatic N) is 1. The average molecular weight is 223 g/mol. The molecule has 0 amide bonds. The van der Waals surface area contributed by atoms with Gasteiger partial charge in [-0.15, -0.1) is 0 Å². The van der Waals surface area contributed by atoms with Crippen molar-refractivity contribution in [2.75, 3.05) is 5.75 Å². The molecule has 1 fully saturated rings. The second-order valence-corrected chi connectivity index (χ2v) is 4.93. The molecule has 1 aromatic heterocycles. The highest BCUT2D eigenvalue weighted by atomic mass is 32.2. The van der Waals surface area contributed by atoms with Crippen molar-refractivity contribution >= 4 is 17.7 Å². The van der Waals surface area contributed by atoms with Crippen LogP contribution >= 0.6 is 11.8 Å². The lowest BCUT2D eigenvalue weighted by atomic mass is 10.0. The maximum absolute atomic E-state index is 11.0. The van der Waals surface area contributed by atoms with Gasteiger partial charge >= 0.3 is 5.97 Å². The molecule has 0 aromatic carbocycles. The van der Waals surface area contributed by atoms with Crippen LogP contribution in [0.5, 0.6) is 0 Å². The second-order valence-electron chi connectivity index (χ2n) is 3.62. The molecule has 15 heavy (non-hydrogen) atoms. The zero-order chi connectivity index (χ0) is 10.7. The third-order valence-electron chi connectivity index (χ3n) is 2.61. The highest BCUT2D eigenvalue weighted by Gasteiger charge is 2.21. The van der Waals surface area contributed by atoms with Crippen molar-refractivity contribution in [3.05, 3.63) is 29.6 Å². The molecule has 4 heteroatoms. The highest BCUT2D eigenvalue weighted by molar-refractivity contribution is 7.99. The lowest BCUT2D eigenvalue weighted by Gasteiger charge is -2.22. The van der Waals surface area contributed by atoms with Crippen molar-refractivity contribution in [2.45, 2.75) is 24.5 Å². The Morgan fingerprint density at radius 3 is 3.07 bits per heavy atom. The van der Waals surface area contributed by atoms with Gasteiger partial charge in [-0.3, -0.25) is 4.98 Å². The van der Waals surface area contributed by atoms with Crippen LogP contribution in [0.25, 0.3) is 0 Å². The van der Waals surface area contributed by atoms with E-state index in [1.807, 2.05) is 17.8 Å². The Hall–Kier alpha value is -1.03. The van der Waals surface area contributed by atoms with Crippen LogP contribution in [0.4, 0.5) is 0 Å². The molecule has 1 N–H and O–H groups in total. The summed E-state index contributed by atoms with van der Waals surface area (Å²) in [6, 6.07) is 1.84. The van der Waals surface area contributed by atoms with Crippen molar-refractivity contribution in [3.63, 3.8) is 0 Å². The first-order valence-corrected chi connectivity index (χ1v) is 6.12. The second kappa shape index (κ2) is 4.66. The van der Waals surface area contributed by atoms with Gasteiger partial charge in [0.2, 0.25) is 0 Å². The maximum atomic E-state index is 11.0. The number of thioether (sulfide) groups is 1. The van der Waals surface area contributed by atoms with E-state index >= 15 is 0 Å². The Bertz CT molecular complexity index is 361. The summed E-state index contributed by atoms with van der Waals surface area (Å²) < 4.78 is 0. The SMILES string of the molecule is O=C(O)c1cnccc1C1CCCCS1. The van der Waals surface area contributed by atoms with E-state index in [0.717, 1.165) is 17.7 Å². The fourth-order valence-electron chi connectivity index (χ4n) is 1.85. The molecule has 0 spiro atoms. The van der Waals surface area contributed by atoms with Crippen LogP contribution in [0.1, 0.15) is 40.4 Å². The molecule has 1 aliphatic rings. The number of carboxylic acid groups (broad SMARTS) is 1. The number of hydrogen-bond acceptors (Lipinski definition) is 3. The molecule has 1 aromatic rings. The van der Waals surface area contributed by atoms with Crippen LogP contribution in [0.2, 0.25) is 0 Å². The minimum absolute atomic E-state index is 0.341. The average Bonchev–Trinajstić information content (AvgIpc) is 2.30. The van der Waals surface area contributed by atoms with Gasteiger partial charge in [-0.05, 0) is 30.2 Å². The van der Waals surface area contributed by atoms with Crippen LogP contribution in [-0.2, 0) is 0 Å². The Morgan fingerprint density at radius 1 is 1.53 bits per heavy atom. The molecule has 1 unspecified atom stereocenters. The topological polar surface area (TPSA) is 50.2 Å².